The number of alkyl halides is 3. The van der Waals surface area contributed by atoms with E-state index in [2.05, 4.69) is 15.0 Å². The lowest BCUT2D eigenvalue weighted by atomic mass is 10.1. The molecule has 5 rings (SSSR count). The van der Waals surface area contributed by atoms with Crippen LogP contribution in [0.15, 0.2) is 36.7 Å². The minimum absolute atomic E-state index is 0.244. The SMILES string of the molecule is Cc1ncn2c1c(N)nc1ccc(C(=O)N(C)C3CCc4nc(C(F)(F)F)ccc43)cc12. The van der Waals surface area contributed by atoms with E-state index >= 15 is 0 Å². The Morgan fingerprint density at radius 3 is 2.75 bits per heavy atom. The van der Waals surface area contributed by atoms with E-state index in [1.807, 2.05) is 6.92 Å². The molecule has 1 atom stereocenters. The number of fused-ring (bicyclic) bond motifs is 4. The normalized spacial score (nSPS) is 16.0. The number of carbonyl (C=O) groups is 1. The highest BCUT2D eigenvalue weighted by molar-refractivity contribution is 5.98. The van der Waals surface area contributed by atoms with Crippen LogP contribution in [0, 0.1) is 6.92 Å². The molecule has 2 N–H and O–H groups in total. The van der Waals surface area contributed by atoms with Crippen molar-refractivity contribution in [2.75, 3.05) is 12.8 Å². The van der Waals surface area contributed by atoms with Gasteiger partial charge in [-0.25, -0.2) is 15.0 Å². The van der Waals surface area contributed by atoms with Gasteiger partial charge in [-0.05, 0) is 49.6 Å². The van der Waals surface area contributed by atoms with Gasteiger partial charge < -0.3 is 10.6 Å². The number of anilines is 1. The van der Waals surface area contributed by atoms with Crippen molar-refractivity contribution in [1.82, 2.24) is 24.3 Å². The molecule has 3 aromatic heterocycles. The van der Waals surface area contributed by atoms with Crippen LogP contribution in [0.5, 0.6) is 0 Å². The molecule has 1 aromatic carbocycles. The van der Waals surface area contributed by atoms with Crippen molar-refractivity contribution >= 4 is 28.3 Å². The summed E-state index contributed by atoms with van der Waals surface area (Å²) < 4.78 is 40.7. The number of rotatable bonds is 2. The topological polar surface area (TPSA) is 89.4 Å². The third-order valence-corrected chi connectivity index (χ3v) is 6.02. The fourth-order valence-corrected chi connectivity index (χ4v) is 4.41. The van der Waals surface area contributed by atoms with E-state index in [9.17, 15) is 18.0 Å². The first-order chi connectivity index (χ1) is 15.1. The molecule has 1 unspecified atom stereocenters. The van der Waals surface area contributed by atoms with Crippen molar-refractivity contribution in [2.24, 2.45) is 0 Å². The smallest absolute Gasteiger partial charge is 0.382 e. The minimum atomic E-state index is -4.49. The number of carbonyl (C=O) groups excluding carboxylic acids is 1. The quantitative estimate of drug-likeness (QED) is 0.510. The molecule has 10 heteroatoms. The number of benzene rings is 1. The number of aromatic nitrogens is 4. The zero-order valence-electron chi connectivity index (χ0n) is 17.3. The van der Waals surface area contributed by atoms with Gasteiger partial charge in [0.2, 0.25) is 0 Å². The number of hydrogen-bond acceptors (Lipinski definition) is 5. The van der Waals surface area contributed by atoms with Gasteiger partial charge >= 0.3 is 6.18 Å². The zero-order chi connectivity index (χ0) is 22.8. The fraction of sp³-hybridized carbons (Fsp3) is 0.273. The van der Waals surface area contributed by atoms with Crippen molar-refractivity contribution in [3.8, 4) is 0 Å². The van der Waals surface area contributed by atoms with Crippen LogP contribution in [0.3, 0.4) is 0 Å². The van der Waals surface area contributed by atoms with E-state index in [1.165, 1.54) is 6.07 Å². The average molecular weight is 440 g/mol. The summed E-state index contributed by atoms with van der Waals surface area (Å²) in [5.74, 6) is 0.114. The van der Waals surface area contributed by atoms with E-state index in [0.29, 0.717) is 52.0 Å². The Bertz CT molecular complexity index is 1390. The Morgan fingerprint density at radius 2 is 2.00 bits per heavy atom. The molecule has 0 saturated carbocycles. The predicted molar refractivity (Wildman–Crippen MR) is 112 cm³/mol. The van der Waals surface area contributed by atoms with Gasteiger partial charge in [0.1, 0.15) is 23.4 Å². The summed E-state index contributed by atoms with van der Waals surface area (Å²) in [5, 5.41) is 0. The van der Waals surface area contributed by atoms with Crippen molar-refractivity contribution in [2.45, 2.75) is 32.0 Å². The Hall–Kier alpha value is -3.69. The molecule has 32 heavy (non-hydrogen) atoms. The molecule has 0 fully saturated rings. The van der Waals surface area contributed by atoms with Gasteiger partial charge in [-0.2, -0.15) is 13.2 Å². The summed E-state index contributed by atoms with van der Waals surface area (Å²) in [5.41, 5.74) is 9.36. The van der Waals surface area contributed by atoms with E-state index in [-0.39, 0.29) is 11.9 Å². The molecule has 1 aliphatic rings. The lowest BCUT2D eigenvalue weighted by molar-refractivity contribution is -0.141. The molecule has 1 amide bonds. The monoisotopic (exact) mass is 440 g/mol. The maximum Gasteiger partial charge on any atom is 0.433 e. The highest BCUT2D eigenvalue weighted by atomic mass is 19.4. The van der Waals surface area contributed by atoms with Crippen LogP contribution in [-0.2, 0) is 12.6 Å². The maximum atomic E-state index is 13.3. The number of nitrogens with two attached hydrogens (primary N) is 1. The first-order valence-electron chi connectivity index (χ1n) is 10.0. The molecule has 0 bridgehead atoms. The summed E-state index contributed by atoms with van der Waals surface area (Å²) >= 11 is 0. The van der Waals surface area contributed by atoms with Gasteiger partial charge in [-0.1, -0.05) is 6.07 Å². The number of pyridine rings is 1. The minimum Gasteiger partial charge on any atom is -0.382 e. The zero-order valence-corrected chi connectivity index (χ0v) is 17.3. The lowest BCUT2D eigenvalue weighted by Crippen LogP contribution is -2.30. The first kappa shape index (κ1) is 20.2. The Labute approximate surface area is 180 Å². The number of nitrogens with zero attached hydrogens (tertiary/aromatic N) is 5. The van der Waals surface area contributed by atoms with Gasteiger partial charge in [0.15, 0.2) is 0 Å². The first-order valence-corrected chi connectivity index (χ1v) is 10.0. The molecule has 0 aliphatic heterocycles. The van der Waals surface area contributed by atoms with Crippen LogP contribution < -0.4 is 5.73 Å². The van der Waals surface area contributed by atoms with Crippen LogP contribution in [0.4, 0.5) is 19.0 Å². The molecule has 164 valence electrons. The number of halogens is 3. The summed E-state index contributed by atoms with van der Waals surface area (Å²) in [4.78, 5) is 27.3. The molecule has 4 aromatic rings. The molecular weight excluding hydrogens is 421 g/mol. The van der Waals surface area contributed by atoms with Gasteiger partial charge in [-0.15, -0.1) is 0 Å². The largest absolute Gasteiger partial charge is 0.433 e. The molecule has 0 saturated heterocycles. The highest BCUT2D eigenvalue weighted by Crippen LogP contribution is 2.37. The summed E-state index contributed by atoms with van der Waals surface area (Å²) in [7, 11) is 1.65. The van der Waals surface area contributed by atoms with Crippen molar-refractivity contribution in [3.63, 3.8) is 0 Å². The fourth-order valence-electron chi connectivity index (χ4n) is 4.41. The molecular formula is C22H19F3N6O. The van der Waals surface area contributed by atoms with Gasteiger partial charge in [0.25, 0.3) is 5.91 Å². The number of imidazole rings is 1. The second kappa shape index (κ2) is 6.91. The highest BCUT2D eigenvalue weighted by Gasteiger charge is 2.36. The molecule has 0 radical (unpaired) electrons. The molecule has 0 spiro atoms. The van der Waals surface area contributed by atoms with E-state index < -0.39 is 11.9 Å². The Morgan fingerprint density at radius 1 is 1.22 bits per heavy atom. The van der Waals surface area contributed by atoms with Crippen LogP contribution in [-0.4, -0.2) is 37.2 Å². The number of hydrogen-bond donors (Lipinski definition) is 1. The van der Waals surface area contributed by atoms with Crippen LogP contribution in [0.25, 0.3) is 16.6 Å². The maximum absolute atomic E-state index is 13.3. The summed E-state index contributed by atoms with van der Waals surface area (Å²) in [6.45, 7) is 1.83. The molecule has 3 heterocycles. The van der Waals surface area contributed by atoms with Gasteiger partial charge in [0, 0.05) is 18.3 Å². The van der Waals surface area contributed by atoms with Crippen molar-refractivity contribution in [3.05, 3.63) is 64.9 Å². The van der Waals surface area contributed by atoms with Crippen molar-refractivity contribution < 1.29 is 18.0 Å². The van der Waals surface area contributed by atoms with Gasteiger partial charge in [0.05, 0.1) is 22.8 Å². The van der Waals surface area contributed by atoms with E-state index in [1.54, 1.807) is 40.9 Å². The molecule has 1 aliphatic carbocycles. The van der Waals surface area contributed by atoms with Crippen LogP contribution in [0.2, 0.25) is 0 Å². The number of amides is 1. The summed E-state index contributed by atoms with van der Waals surface area (Å²) in [6.07, 6.45) is -1.95. The van der Waals surface area contributed by atoms with Crippen LogP contribution >= 0.6 is 0 Å². The second-order valence-corrected chi connectivity index (χ2v) is 7.95. The standard InChI is InChI=1S/C22H19F3N6O/c1-11-19-20(26)29-15-5-3-12(9-17(15)31(19)10-27-11)21(32)30(2)16-7-6-14-13(16)4-8-18(28-14)22(23,24)25/h3-5,8-10,16H,6-7H2,1-2H3,(H2,26,29). The second-order valence-electron chi connectivity index (χ2n) is 7.95. The Kier molecular flexibility index (Phi) is 4.37. The molecule has 7 nitrogen and oxygen atoms in total. The lowest BCUT2D eigenvalue weighted by Gasteiger charge is -2.25. The third-order valence-electron chi connectivity index (χ3n) is 6.02. The third kappa shape index (κ3) is 3.05. The van der Waals surface area contributed by atoms with E-state index in [4.69, 9.17) is 5.73 Å². The Balaban J connectivity index is 1.50. The van der Waals surface area contributed by atoms with Crippen LogP contribution in [0.1, 0.15) is 45.5 Å². The average Bonchev–Trinajstić information content (AvgIpc) is 3.35. The van der Waals surface area contributed by atoms with Gasteiger partial charge in [-0.3, -0.25) is 9.20 Å². The number of aryl methyl sites for hydroxylation is 2. The van der Waals surface area contributed by atoms with Crippen molar-refractivity contribution in [1.29, 1.82) is 0 Å². The summed E-state index contributed by atoms with van der Waals surface area (Å²) in [6, 6.07) is 7.18. The number of nitrogen functional groups attached to an aromatic ring is 1. The van der Waals surface area contributed by atoms with E-state index in [0.717, 1.165) is 11.8 Å². The predicted octanol–water partition coefficient (Wildman–Crippen LogP) is 3.95.